The summed E-state index contributed by atoms with van der Waals surface area (Å²) in [6, 6.07) is 15.6. The number of rotatable bonds is 2. The second-order valence-electron chi connectivity index (χ2n) is 4.91. The molecule has 1 atom stereocenters. The van der Waals surface area contributed by atoms with Crippen LogP contribution < -0.4 is 4.90 Å². The molecule has 1 aliphatic rings. The first-order chi connectivity index (χ1) is 10.7. The van der Waals surface area contributed by atoms with E-state index in [1.807, 2.05) is 48.5 Å². The van der Waals surface area contributed by atoms with Crippen LogP contribution in [0.5, 0.6) is 0 Å². The number of amides is 1. The van der Waals surface area contributed by atoms with Gasteiger partial charge in [-0.25, -0.2) is 4.98 Å². The van der Waals surface area contributed by atoms with E-state index < -0.39 is 0 Å². The fraction of sp³-hybridized carbons (Fsp3) is 0.125. The summed E-state index contributed by atoms with van der Waals surface area (Å²) in [7, 11) is 0. The molecule has 0 bridgehead atoms. The van der Waals surface area contributed by atoms with E-state index in [1.165, 1.54) is 0 Å². The summed E-state index contributed by atoms with van der Waals surface area (Å²) in [5, 5.41) is 1.31. The molecule has 3 aromatic rings. The van der Waals surface area contributed by atoms with Crippen LogP contribution in [0.1, 0.15) is 10.9 Å². The number of para-hydroxylation sites is 1. The minimum absolute atomic E-state index is 0.0778. The molecule has 1 unspecified atom stereocenters. The normalized spacial score (nSPS) is 18.3. The first-order valence-electron chi connectivity index (χ1n) is 6.78. The molecule has 0 radical (unpaired) electrons. The quantitative estimate of drug-likeness (QED) is 0.672. The minimum Gasteiger partial charge on any atom is -0.273 e. The maximum Gasteiger partial charge on any atom is 0.240 e. The van der Waals surface area contributed by atoms with E-state index in [9.17, 15) is 4.79 Å². The minimum atomic E-state index is -0.109. The maximum atomic E-state index is 12.4. The Morgan fingerprint density at radius 2 is 1.91 bits per heavy atom. The number of carbonyl (C=O) groups excluding carboxylic acids is 1. The zero-order chi connectivity index (χ0) is 15.1. The van der Waals surface area contributed by atoms with Crippen LogP contribution in [0.2, 0.25) is 5.02 Å². The topological polar surface area (TPSA) is 33.2 Å². The van der Waals surface area contributed by atoms with Crippen molar-refractivity contribution < 1.29 is 4.79 Å². The van der Waals surface area contributed by atoms with Crippen LogP contribution >= 0.6 is 34.7 Å². The summed E-state index contributed by atoms with van der Waals surface area (Å²) in [5.74, 6) is 0.528. The van der Waals surface area contributed by atoms with Crippen molar-refractivity contribution in [1.82, 2.24) is 4.98 Å². The zero-order valence-corrected chi connectivity index (χ0v) is 13.8. The van der Waals surface area contributed by atoms with E-state index in [4.69, 9.17) is 11.6 Å². The number of anilines is 1. The van der Waals surface area contributed by atoms with Gasteiger partial charge >= 0.3 is 0 Å². The number of hydrogen-bond acceptors (Lipinski definition) is 4. The van der Waals surface area contributed by atoms with Gasteiger partial charge in [0.15, 0.2) is 5.13 Å². The molecule has 3 nitrogen and oxygen atoms in total. The molecule has 0 aliphatic carbocycles. The Bertz CT molecular complexity index is 831. The van der Waals surface area contributed by atoms with Crippen LogP contribution in [0.15, 0.2) is 48.5 Å². The Morgan fingerprint density at radius 3 is 2.73 bits per heavy atom. The molecule has 110 valence electrons. The lowest BCUT2D eigenvalue weighted by molar-refractivity contribution is -0.115. The first-order valence-corrected chi connectivity index (χ1v) is 9.02. The molecular weight excluding hydrogens is 336 g/mol. The van der Waals surface area contributed by atoms with Crippen molar-refractivity contribution in [2.75, 3.05) is 10.7 Å². The van der Waals surface area contributed by atoms with Gasteiger partial charge in [-0.05, 0) is 18.2 Å². The molecule has 6 heteroatoms. The van der Waals surface area contributed by atoms with E-state index in [-0.39, 0.29) is 11.3 Å². The van der Waals surface area contributed by atoms with Crippen molar-refractivity contribution in [3.05, 3.63) is 59.1 Å². The lowest BCUT2D eigenvalue weighted by atomic mass is 10.2. The highest BCUT2D eigenvalue weighted by molar-refractivity contribution is 8.00. The van der Waals surface area contributed by atoms with E-state index >= 15 is 0 Å². The van der Waals surface area contributed by atoms with Gasteiger partial charge in [-0.1, -0.05) is 53.3 Å². The molecular formula is C16H11ClN2OS2. The Balaban J connectivity index is 1.80. The third kappa shape index (κ3) is 2.29. The summed E-state index contributed by atoms with van der Waals surface area (Å²) < 4.78 is 1.08. The number of halogens is 1. The van der Waals surface area contributed by atoms with E-state index in [0.29, 0.717) is 10.8 Å². The molecule has 0 spiro atoms. The second kappa shape index (κ2) is 5.57. The number of hydrogen-bond donors (Lipinski definition) is 0. The van der Waals surface area contributed by atoms with Crippen molar-refractivity contribution in [3.8, 4) is 0 Å². The maximum absolute atomic E-state index is 12.4. The van der Waals surface area contributed by atoms with Crippen LogP contribution in [0.3, 0.4) is 0 Å². The predicted molar refractivity (Wildman–Crippen MR) is 93.8 cm³/mol. The van der Waals surface area contributed by atoms with Crippen molar-refractivity contribution in [2.45, 2.75) is 5.37 Å². The number of carbonyl (C=O) groups is 1. The summed E-state index contributed by atoms with van der Waals surface area (Å²) in [6.45, 7) is 0. The SMILES string of the molecule is O=C1CSC(c2ccccc2Cl)N1c1nc2ccccc2s1. The molecule has 1 saturated heterocycles. The van der Waals surface area contributed by atoms with Gasteiger partial charge in [0.05, 0.1) is 16.0 Å². The molecule has 2 heterocycles. The number of nitrogens with zero attached hydrogens (tertiary/aromatic N) is 2. The molecule has 1 aliphatic heterocycles. The van der Waals surface area contributed by atoms with Crippen LogP contribution in [0.4, 0.5) is 5.13 Å². The van der Waals surface area contributed by atoms with Crippen LogP contribution in [0.25, 0.3) is 10.2 Å². The largest absolute Gasteiger partial charge is 0.273 e. The van der Waals surface area contributed by atoms with Gasteiger partial charge in [0.1, 0.15) is 5.37 Å². The van der Waals surface area contributed by atoms with E-state index in [2.05, 4.69) is 4.98 Å². The highest BCUT2D eigenvalue weighted by Crippen LogP contribution is 2.45. The second-order valence-corrected chi connectivity index (χ2v) is 7.40. The third-order valence-corrected chi connectivity index (χ3v) is 6.10. The molecule has 0 N–H and O–H groups in total. The Labute approximate surface area is 140 Å². The Hall–Kier alpha value is -1.56. The predicted octanol–water partition coefficient (Wildman–Crippen LogP) is 4.73. The molecule has 0 saturated carbocycles. The van der Waals surface area contributed by atoms with Gasteiger partial charge < -0.3 is 0 Å². The first kappa shape index (κ1) is 14.1. The number of thiazole rings is 1. The molecule has 2 aromatic carbocycles. The monoisotopic (exact) mass is 346 g/mol. The average molecular weight is 347 g/mol. The fourth-order valence-corrected chi connectivity index (χ4v) is 5.07. The van der Waals surface area contributed by atoms with Crippen molar-refractivity contribution in [2.24, 2.45) is 0 Å². The smallest absolute Gasteiger partial charge is 0.240 e. The lowest BCUT2D eigenvalue weighted by Gasteiger charge is -2.22. The Kier molecular flexibility index (Phi) is 3.56. The van der Waals surface area contributed by atoms with E-state index in [0.717, 1.165) is 20.9 Å². The van der Waals surface area contributed by atoms with Crippen LogP contribution in [-0.4, -0.2) is 16.6 Å². The molecule has 22 heavy (non-hydrogen) atoms. The number of benzene rings is 2. The average Bonchev–Trinajstić information content (AvgIpc) is 3.10. The fourth-order valence-electron chi connectivity index (χ4n) is 2.50. The lowest BCUT2D eigenvalue weighted by Crippen LogP contribution is -2.27. The molecule has 1 amide bonds. The van der Waals surface area contributed by atoms with Gasteiger partial charge in [-0.15, -0.1) is 11.8 Å². The van der Waals surface area contributed by atoms with Gasteiger partial charge in [0.25, 0.3) is 0 Å². The van der Waals surface area contributed by atoms with Crippen molar-refractivity contribution >= 4 is 56.0 Å². The third-order valence-electron chi connectivity index (χ3n) is 3.53. The van der Waals surface area contributed by atoms with Crippen LogP contribution in [0, 0.1) is 0 Å². The highest BCUT2D eigenvalue weighted by Gasteiger charge is 2.36. The van der Waals surface area contributed by atoms with Crippen LogP contribution in [-0.2, 0) is 4.79 Å². The van der Waals surface area contributed by atoms with Gasteiger partial charge in [0.2, 0.25) is 5.91 Å². The zero-order valence-electron chi connectivity index (χ0n) is 11.4. The van der Waals surface area contributed by atoms with Crippen molar-refractivity contribution in [1.29, 1.82) is 0 Å². The number of fused-ring (bicyclic) bond motifs is 1. The standard InChI is InChI=1S/C16H11ClN2OS2/c17-11-6-2-1-5-10(11)15-19(14(20)9-21-15)16-18-12-7-3-4-8-13(12)22-16/h1-8,15H,9H2. The summed E-state index contributed by atoms with van der Waals surface area (Å²) in [4.78, 5) is 18.8. The molecule has 1 fully saturated rings. The number of aromatic nitrogens is 1. The van der Waals surface area contributed by atoms with Crippen molar-refractivity contribution in [3.63, 3.8) is 0 Å². The summed E-state index contributed by atoms with van der Waals surface area (Å²) >= 11 is 9.44. The number of thioether (sulfide) groups is 1. The Morgan fingerprint density at radius 1 is 1.14 bits per heavy atom. The summed E-state index contributed by atoms with van der Waals surface area (Å²) in [5.41, 5.74) is 1.88. The summed E-state index contributed by atoms with van der Waals surface area (Å²) in [6.07, 6.45) is 0. The van der Waals surface area contributed by atoms with Gasteiger partial charge in [-0.3, -0.25) is 9.69 Å². The van der Waals surface area contributed by atoms with Gasteiger partial charge in [-0.2, -0.15) is 0 Å². The highest BCUT2D eigenvalue weighted by atomic mass is 35.5. The molecule has 1 aromatic heterocycles. The van der Waals surface area contributed by atoms with E-state index in [1.54, 1.807) is 28.0 Å². The van der Waals surface area contributed by atoms with Gasteiger partial charge in [0, 0.05) is 10.6 Å². The molecule has 4 rings (SSSR count).